The molecule has 20 heavy (non-hydrogen) atoms. The highest BCUT2D eigenvalue weighted by molar-refractivity contribution is 7.10. The van der Waals surface area contributed by atoms with Crippen LogP contribution in [0, 0.1) is 5.92 Å². The van der Waals surface area contributed by atoms with Crippen LogP contribution in [0.1, 0.15) is 37.7 Å². The second-order valence-electron chi connectivity index (χ2n) is 5.48. The van der Waals surface area contributed by atoms with E-state index < -0.39 is 0 Å². The normalized spacial score (nSPS) is 24.4. The van der Waals surface area contributed by atoms with Crippen LogP contribution in [0.2, 0.25) is 0 Å². The van der Waals surface area contributed by atoms with Crippen molar-refractivity contribution < 1.29 is 9.53 Å². The summed E-state index contributed by atoms with van der Waals surface area (Å²) in [7, 11) is 1.71. The fourth-order valence-corrected chi connectivity index (χ4v) is 3.52. The van der Waals surface area contributed by atoms with Gasteiger partial charge >= 0.3 is 0 Å². The zero-order chi connectivity index (χ0) is 14.5. The molecule has 0 aromatic carbocycles. The van der Waals surface area contributed by atoms with Crippen LogP contribution in [0.3, 0.4) is 0 Å². The first kappa shape index (κ1) is 15.5. The zero-order valence-corrected chi connectivity index (χ0v) is 13.3. The Morgan fingerprint density at radius 1 is 1.55 bits per heavy atom. The van der Waals surface area contributed by atoms with Gasteiger partial charge < -0.3 is 9.64 Å². The number of carbonyl (C=O) groups is 1. The minimum atomic E-state index is -0.0400. The van der Waals surface area contributed by atoms with E-state index in [1.165, 1.54) is 4.88 Å². The number of rotatable bonds is 7. The van der Waals surface area contributed by atoms with Gasteiger partial charge in [0.05, 0.1) is 12.6 Å². The molecule has 1 saturated heterocycles. The molecule has 2 rings (SSSR count). The first-order valence-electron chi connectivity index (χ1n) is 7.26. The standard InChI is InChI=1S/C15H24N2O2S/c1-4-6-12-15(18)17(9-11(2)10-19-3)14(16-12)13-7-5-8-20-13/h5,7-8,11-12,14,16H,4,6,9-10H2,1-3H3. The Labute approximate surface area is 125 Å². The van der Waals surface area contributed by atoms with Crippen molar-refractivity contribution in [3.8, 4) is 0 Å². The SMILES string of the molecule is CCCC1NC(c2cccs2)N(CC(C)COC)C1=O. The molecule has 1 amide bonds. The largest absolute Gasteiger partial charge is 0.384 e. The Kier molecular flexibility index (Phi) is 5.57. The molecule has 4 nitrogen and oxygen atoms in total. The molecule has 2 heterocycles. The Hall–Kier alpha value is -0.910. The minimum absolute atomic E-state index is 0.0263. The van der Waals surface area contributed by atoms with Crippen molar-refractivity contribution in [1.29, 1.82) is 0 Å². The van der Waals surface area contributed by atoms with Crippen LogP contribution in [0.4, 0.5) is 0 Å². The maximum Gasteiger partial charge on any atom is 0.241 e. The number of methoxy groups -OCH3 is 1. The minimum Gasteiger partial charge on any atom is -0.384 e. The second-order valence-corrected chi connectivity index (χ2v) is 6.46. The van der Waals surface area contributed by atoms with Crippen LogP contribution in [-0.4, -0.2) is 37.1 Å². The molecule has 1 aromatic rings. The van der Waals surface area contributed by atoms with Crippen LogP contribution in [0.25, 0.3) is 0 Å². The van der Waals surface area contributed by atoms with Gasteiger partial charge in [-0.25, -0.2) is 0 Å². The van der Waals surface area contributed by atoms with Gasteiger partial charge in [-0.3, -0.25) is 10.1 Å². The molecular weight excluding hydrogens is 272 g/mol. The fourth-order valence-electron chi connectivity index (χ4n) is 2.73. The number of hydrogen-bond acceptors (Lipinski definition) is 4. The number of ether oxygens (including phenoxy) is 1. The molecule has 0 spiro atoms. The van der Waals surface area contributed by atoms with E-state index in [9.17, 15) is 4.79 Å². The third-order valence-electron chi connectivity index (χ3n) is 3.60. The summed E-state index contributed by atoms with van der Waals surface area (Å²) in [6, 6.07) is 4.09. The monoisotopic (exact) mass is 296 g/mol. The number of nitrogens with one attached hydrogen (secondary N) is 1. The van der Waals surface area contributed by atoms with Gasteiger partial charge in [0.2, 0.25) is 5.91 Å². The molecule has 1 aliphatic rings. The summed E-state index contributed by atoms with van der Waals surface area (Å²) in [4.78, 5) is 15.8. The molecular formula is C15H24N2O2S. The molecule has 0 aliphatic carbocycles. The fraction of sp³-hybridized carbons (Fsp3) is 0.667. The lowest BCUT2D eigenvalue weighted by Gasteiger charge is -2.26. The molecule has 1 N–H and O–H groups in total. The van der Waals surface area contributed by atoms with E-state index in [1.807, 2.05) is 11.0 Å². The van der Waals surface area contributed by atoms with Gasteiger partial charge in [-0.2, -0.15) is 0 Å². The van der Waals surface area contributed by atoms with Gasteiger partial charge in [-0.05, 0) is 23.8 Å². The molecule has 0 radical (unpaired) electrons. The molecule has 1 aliphatic heterocycles. The van der Waals surface area contributed by atoms with E-state index >= 15 is 0 Å². The second kappa shape index (κ2) is 7.20. The Morgan fingerprint density at radius 2 is 2.35 bits per heavy atom. The van der Waals surface area contributed by atoms with Crippen LogP contribution in [0.5, 0.6) is 0 Å². The summed E-state index contributed by atoms with van der Waals surface area (Å²) in [5.41, 5.74) is 0. The highest BCUT2D eigenvalue weighted by Gasteiger charge is 2.39. The lowest BCUT2D eigenvalue weighted by atomic mass is 10.1. The van der Waals surface area contributed by atoms with Gasteiger partial charge in [-0.1, -0.05) is 26.3 Å². The van der Waals surface area contributed by atoms with Gasteiger partial charge in [-0.15, -0.1) is 11.3 Å². The topological polar surface area (TPSA) is 41.6 Å². The molecule has 112 valence electrons. The number of thiophene rings is 1. The lowest BCUT2D eigenvalue weighted by molar-refractivity contribution is -0.131. The molecule has 1 aromatic heterocycles. The van der Waals surface area contributed by atoms with Crippen molar-refractivity contribution in [2.75, 3.05) is 20.3 Å². The predicted molar refractivity (Wildman–Crippen MR) is 81.6 cm³/mol. The van der Waals surface area contributed by atoms with Crippen LogP contribution >= 0.6 is 11.3 Å². The van der Waals surface area contributed by atoms with Gasteiger partial charge in [0.1, 0.15) is 6.17 Å². The Morgan fingerprint density at radius 3 is 2.95 bits per heavy atom. The molecule has 3 atom stereocenters. The van der Waals surface area contributed by atoms with E-state index in [0.717, 1.165) is 19.4 Å². The number of nitrogens with zero attached hydrogens (tertiary/aromatic N) is 1. The highest BCUT2D eigenvalue weighted by atomic mass is 32.1. The summed E-state index contributed by atoms with van der Waals surface area (Å²) in [6.45, 7) is 5.66. The van der Waals surface area contributed by atoms with Crippen LogP contribution < -0.4 is 5.32 Å². The van der Waals surface area contributed by atoms with E-state index in [4.69, 9.17) is 4.74 Å². The van der Waals surface area contributed by atoms with Crippen molar-refractivity contribution >= 4 is 17.2 Å². The average Bonchev–Trinajstić information content (AvgIpc) is 3.02. The van der Waals surface area contributed by atoms with Crippen molar-refractivity contribution in [2.24, 2.45) is 5.92 Å². The van der Waals surface area contributed by atoms with Gasteiger partial charge in [0, 0.05) is 18.5 Å². The van der Waals surface area contributed by atoms with Crippen molar-refractivity contribution in [2.45, 2.75) is 38.9 Å². The maximum atomic E-state index is 12.6. The van der Waals surface area contributed by atoms with Crippen molar-refractivity contribution in [1.82, 2.24) is 10.2 Å². The van der Waals surface area contributed by atoms with E-state index in [0.29, 0.717) is 12.5 Å². The molecule has 0 bridgehead atoms. The van der Waals surface area contributed by atoms with E-state index in [-0.39, 0.29) is 18.1 Å². The number of amides is 1. The predicted octanol–water partition coefficient (Wildman–Crippen LogP) is 2.63. The zero-order valence-electron chi connectivity index (χ0n) is 12.5. The van der Waals surface area contributed by atoms with Crippen molar-refractivity contribution in [3.05, 3.63) is 22.4 Å². The third-order valence-corrected chi connectivity index (χ3v) is 4.53. The summed E-state index contributed by atoms with van der Waals surface area (Å²) in [5.74, 6) is 0.571. The smallest absolute Gasteiger partial charge is 0.241 e. The molecule has 3 unspecified atom stereocenters. The van der Waals surface area contributed by atoms with Crippen LogP contribution in [0.15, 0.2) is 17.5 Å². The van der Waals surface area contributed by atoms with Crippen LogP contribution in [-0.2, 0) is 9.53 Å². The Balaban J connectivity index is 2.12. The number of hydrogen-bond donors (Lipinski definition) is 1. The first-order valence-corrected chi connectivity index (χ1v) is 8.14. The quantitative estimate of drug-likeness (QED) is 0.841. The summed E-state index contributed by atoms with van der Waals surface area (Å²) in [5, 5.41) is 5.55. The highest BCUT2D eigenvalue weighted by Crippen LogP contribution is 2.30. The third kappa shape index (κ3) is 3.40. The van der Waals surface area contributed by atoms with Gasteiger partial charge in [0.15, 0.2) is 0 Å². The summed E-state index contributed by atoms with van der Waals surface area (Å²) >= 11 is 1.70. The number of carbonyl (C=O) groups excluding carboxylic acids is 1. The maximum absolute atomic E-state index is 12.6. The van der Waals surface area contributed by atoms with Crippen molar-refractivity contribution in [3.63, 3.8) is 0 Å². The lowest BCUT2D eigenvalue weighted by Crippen LogP contribution is -2.35. The summed E-state index contributed by atoms with van der Waals surface area (Å²) < 4.78 is 5.19. The molecule has 1 fully saturated rings. The first-order chi connectivity index (χ1) is 9.67. The van der Waals surface area contributed by atoms with Gasteiger partial charge in [0.25, 0.3) is 0 Å². The Bertz CT molecular complexity index is 422. The summed E-state index contributed by atoms with van der Waals surface area (Å²) in [6.07, 6.45) is 1.94. The van der Waals surface area contributed by atoms with E-state index in [1.54, 1.807) is 18.4 Å². The molecule has 0 saturated carbocycles. The molecule has 5 heteroatoms. The van der Waals surface area contributed by atoms with E-state index in [2.05, 4.69) is 30.6 Å². The average molecular weight is 296 g/mol.